The molecule has 17 heavy (non-hydrogen) atoms. The second kappa shape index (κ2) is 3.21. The summed E-state index contributed by atoms with van der Waals surface area (Å²) in [4.78, 5) is 38.4. The highest BCUT2D eigenvalue weighted by Crippen LogP contribution is 2.27. The largest absolute Gasteiger partial charge is 0.449 e. The Morgan fingerprint density at radius 1 is 1.18 bits per heavy atom. The molecule has 0 N–H and O–H groups in total. The standard InChI is InChI=1S/C12H5NO4/c14-5-6-4-8-10(15)7-2-1-3-13-9(7)11(16)12(8)17-6/h1-5H. The quantitative estimate of drug-likeness (QED) is 0.585. The zero-order chi connectivity index (χ0) is 12.0. The van der Waals surface area contributed by atoms with Crippen LogP contribution in [-0.2, 0) is 0 Å². The van der Waals surface area contributed by atoms with Crippen LogP contribution in [0.25, 0.3) is 0 Å². The number of hydrogen-bond donors (Lipinski definition) is 0. The van der Waals surface area contributed by atoms with Gasteiger partial charge in [-0.15, -0.1) is 0 Å². The summed E-state index contributed by atoms with van der Waals surface area (Å²) >= 11 is 0. The lowest BCUT2D eigenvalue weighted by atomic mass is 9.92. The van der Waals surface area contributed by atoms with Gasteiger partial charge >= 0.3 is 0 Å². The fourth-order valence-electron chi connectivity index (χ4n) is 1.83. The predicted molar refractivity (Wildman–Crippen MR) is 55.2 cm³/mol. The highest BCUT2D eigenvalue weighted by Gasteiger charge is 2.34. The molecule has 0 bridgehead atoms. The predicted octanol–water partition coefficient (Wildman–Crippen LogP) is 1.26. The monoisotopic (exact) mass is 227 g/mol. The van der Waals surface area contributed by atoms with E-state index in [0.717, 1.165) is 0 Å². The zero-order valence-corrected chi connectivity index (χ0v) is 8.47. The molecule has 0 spiro atoms. The third-order valence-corrected chi connectivity index (χ3v) is 2.59. The fraction of sp³-hybridized carbons (Fsp3) is 0. The zero-order valence-electron chi connectivity index (χ0n) is 8.47. The molecule has 0 saturated heterocycles. The Labute approximate surface area is 95.1 Å². The van der Waals surface area contributed by atoms with Crippen molar-refractivity contribution in [3.05, 3.63) is 52.7 Å². The van der Waals surface area contributed by atoms with Crippen molar-refractivity contribution in [3.63, 3.8) is 0 Å². The fourth-order valence-corrected chi connectivity index (χ4v) is 1.83. The van der Waals surface area contributed by atoms with Crippen LogP contribution < -0.4 is 0 Å². The molecule has 2 aromatic heterocycles. The number of carbonyl (C=O) groups is 3. The first-order chi connectivity index (χ1) is 8.22. The summed E-state index contributed by atoms with van der Waals surface area (Å²) in [6.07, 6.45) is 1.88. The number of nitrogens with zero attached hydrogens (tertiary/aromatic N) is 1. The third-order valence-electron chi connectivity index (χ3n) is 2.59. The minimum atomic E-state index is -0.469. The van der Waals surface area contributed by atoms with E-state index in [1.165, 1.54) is 18.3 Å². The van der Waals surface area contributed by atoms with E-state index in [1.807, 2.05) is 0 Å². The Balaban J connectivity index is 2.31. The topological polar surface area (TPSA) is 77.2 Å². The molecule has 0 fully saturated rings. The molecule has 0 atom stereocenters. The average Bonchev–Trinajstić information content (AvgIpc) is 2.80. The van der Waals surface area contributed by atoms with Gasteiger partial charge in [0.05, 0.1) is 11.1 Å². The lowest BCUT2D eigenvalue weighted by Gasteiger charge is -2.10. The smallest absolute Gasteiger partial charge is 0.248 e. The van der Waals surface area contributed by atoms with Crippen LogP contribution in [0, 0.1) is 0 Å². The van der Waals surface area contributed by atoms with Gasteiger partial charge in [0.1, 0.15) is 5.69 Å². The Morgan fingerprint density at radius 2 is 2.00 bits per heavy atom. The average molecular weight is 227 g/mol. The summed E-state index contributed by atoms with van der Waals surface area (Å²) in [6, 6.07) is 4.38. The van der Waals surface area contributed by atoms with E-state index in [2.05, 4.69) is 4.98 Å². The molecule has 0 saturated carbocycles. The van der Waals surface area contributed by atoms with Gasteiger partial charge < -0.3 is 4.42 Å². The van der Waals surface area contributed by atoms with Crippen molar-refractivity contribution in [1.82, 2.24) is 4.98 Å². The van der Waals surface area contributed by atoms with E-state index in [4.69, 9.17) is 4.42 Å². The van der Waals surface area contributed by atoms with Gasteiger partial charge in [-0.1, -0.05) is 0 Å². The highest BCUT2D eigenvalue weighted by atomic mass is 16.4. The number of aromatic nitrogens is 1. The Bertz CT molecular complexity index is 616. The SMILES string of the molecule is O=Cc1cc2c(o1)C(=O)c1ncccc1C2=O. The van der Waals surface area contributed by atoms with Crippen LogP contribution in [0.3, 0.4) is 0 Å². The molecule has 0 unspecified atom stereocenters. The van der Waals surface area contributed by atoms with Gasteiger partial charge in [-0.2, -0.15) is 0 Å². The van der Waals surface area contributed by atoms with E-state index >= 15 is 0 Å². The number of carbonyl (C=O) groups excluding carboxylic acids is 3. The second-order valence-corrected chi connectivity index (χ2v) is 3.57. The van der Waals surface area contributed by atoms with Gasteiger partial charge in [0.15, 0.2) is 23.6 Å². The molecule has 0 amide bonds. The summed E-state index contributed by atoms with van der Waals surface area (Å²) < 4.78 is 5.02. The van der Waals surface area contributed by atoms with Gasteiger partial charge in [-0.25, -0.2) is 0 Å². The van der Waals surface area contributed by atoms with Crippen molar-refractivity contribution in [3.8, 4) is 0 Å². The first-order valence-electron chi connectivity index (χ1n) is 4.86. The summed E-state index contributed by atoms with van der Waals surface area (Å²) in [5.41, 5.74) is 0.428. The minimum absolute atomic E-state index is 0.0375. The number of aldehydes is 1. The van der Waals surface area contributed by atoms with Crippen LogP contribution in [0.4, 0.5) is 0 Å². The molecule has 1 aliphatic carbocycles. The lowest BCUT2D eigenvalue weighted by molar-refractivity contribution is 0.0953. The van der Waals surface area contributed by atoms with Crippen LogP contribution in [-0.4, -0.2) is 22.8 Å². The van der Waals surface area contributed by atoms with E-state index in [0.29, 0.717) is 6.29 Å². The molecular formula is C12H5NO4. The van der Waals surface area contributed by atoms with Crippen LogP contribution in [0.15, 0.2) is 28.8 Å². The van der Waals surface area contributed by atoms with Crippen LogP contribution >= 0.6 is 0 Å². The Hall–Kier alpha value is -2.56. The van der Waals surface area contributed by atoms with Crippen molar-refractivity contribution < 1.29 is 18.8 Å². The van der Waals surface area contributed by atoms with Gasteiger partial charge in [0, 0.05) is 6.20 Å². The molecule has 5 nitrogen and oxygen atoms in total. The lowest BCUT2D eigenvalue weighted by Crippen LogP contribution is -2.20. The molecule has 5 heteroatoms. The van der Waals surface area contributed by atoms with Crippen molar-refractivity contribution in [2.75, 3.05) is 0 Å². The Kier molecular flexibility index (Phi) is 1.82. The minimum Gasteiger partial charge on any atom is -0.449 e. The van der Waals surface area contributed by atoms with Gasteiger partial charge in [-0.05, 0) is 18.2 Å². The summed E-state index contributed by atoms with van der Waals surface area (Å²) in [5, 5.41) is 0. The summed E-state index contributed by atoms with van der Waals surface area (Å²) in [5.74, 6) is -0.962. The van der Waals surface area contributed by atoms with Crippen molar-refractivity contribution in [1.29, 1.82) is 0 Å². The molecule has 2 heterocycles. The molecule has 82 valence electrons. The van der Waals surface area contributed by atoms with Crippen LogP contribution in [0.5, 0.6) is 0 Å². The van der Waals surface area contributed by atoms with Gasteiger partial charge in [0.25, 0.3) is 0 Å². The molecule has 1 aliphatic rings. The first-order valence-corrected chi connectivity index (χ1v) is 4.86. The molecule has 2 aromatic rings. The summed E-state index contributed by atoms with van der Waals surface area (Å²) in [7, 11) is 0. The number of ketones is 2. The number of hydrogen-bond acceptors (Lipinski definition) is 5. The number of rotatable bonds is 1. The van der Waals surface area contributed by atoms with Gasteiger partial charge in [0.2, 0.25) is 5.78 Å². The maximum absolute atomic E-state index is 12.0. The van der Waals surface area contributed by atoms with E-state index in [-0.39, 0.29) is 34.1 Å². The molecule has 0 radical (unpaired) electrons. The van der Waals surface area contributed by atoms with Crippen molar-refractivity contribution >= 4 is 17.9 Å². The maximum atomic E-state index is 12.0. The molecular weight excluding hydrogens is 222 g/mol. The third kappa shape index (κ3) is 1.19. The maximum Gasteiger partial charge on any atom is 0.248 e. The summed E-state index contributed by atoms with van der Waals surface area (Å²) in [6.45, 7) is 0. The van der Waals surface area contributed by atoms with Crippen LogP contribution in [0.1, 0.15) is 42.7 Å². The van der Waals surface area contributed by atoms with Crippen molar-refractivity contribution in [2.45, 2.75) is 0 Å². The Morgan fingerprint density at radius 3 is 2.76 bits per heavy atom. The molecule has 0 aliphatic heterocycles. The molecule has 0 aromatic carbocycles. The number of pyridine rings is 1. The van der Waals surface area contributed by atoms with Crippen molar-refractivity contribution in [2.24, 2.45) is 0 Å². The molecule has 3 rings (SSSR count). The number of furan rings is 1. The number of fused-ring (bicyclic) bond motifs is 2. The van der Waals surface area contributed by atoms with E-state index in [9.17, 15) is 14.4 Å². The van der Waals surface area contributed by atoms with E-state index < -0.39 is 5.78 Å². The van der Waals surface area contributed by atoms with E-state index in [1.54, 1.807) is 6.07 Å². The van der Waals surface area contributed by atoms with Gasteiger partial charge in [-0.3, -0.25) is 19.4 Å². The normalized spacial score (nSPS) is 13.2. The van der Waals surface area contributed by atoms with Crippen LogP contribution in [0.2, 0.25) is 0 Å². The second-order valence-electron chi connectivity index (χ2n) is 3.57. The highest BCUT2D eigenvalue weighted by molar-refractivity contribution is 6.26. The first kappa shape index (κ1) is 9.65.